The average molecular weight is 96.1 g/mol. The number of nitrogens with zero attached hydrogens (tertiary/aromatic N) is 2. The fraction of sp³-hybridized carbons (Fsp3) is 0. The molecule has 0 amide bonds. The molecule has 0 aliphatic carbocycles. The van der Waals surface area contributed by atoms with Crippen LogP contribution in [-0.2, 0) is 0 Å². The first-order valence-corrected chi connectivity index (χ1v) is 1.46. The fourth-order valence-electron chi connectivity index (χ4n) is 0.0889. The lowest BCUT2D eigenvalue weighted by molar-refractivity contribution is 0.673. The highest BCUT2D eigenvalue weighted by molar-refractivity contribution is 5.19. The third kappa shape index (κ3) is 2.45. The van der Waals surface area contributed by atoms with E-state index >= 15 is 0 Å². The van der Waals surface area contributed by atoms with Crippen molar-refractivity contribution in [2.75, 3.05) is 0 Å². The molecular weight excluding hydrogens is 95.1 g/mol. The highest BCUT2D eigenvalue weighted by Gasteiger charge is 1.82. The van der Waals surface area contributed by atoms with Crippen molar-refractivity contribution >= 4 is 0 Å². The van der Waals surface area contributed by atoms with Crippen molar-refractivity contribution in [2.24, 2.45) is 0 Å². The summed E-state index contributed by atoms with van der Waals surface area (Å²) >= 11 is 0. The van der Waals surface area contributed by atoms with Crippen LogP contribution in [0.25, 0.3) is 0 Å². The van der Waals surface area contributed by atoms with Gasteiger partial charge in [-0.25, -0.2) is 0 Å². The van der Waals surface area contributed by atoms with Gasteiger partial charge in [-0.1, -0.05) is 0 Å². The van der Waals surface area contributed by atoms with E-state index < -0.39 is 5.83 Å². The molecule has 0 atom stereocenters. The van der Waals surface area contributed by atoms with Crippen molar-refractivity contribution in [3.8, 4) is 12.1 Å². The first kappa shape index (κ1) is 5.65. The monoisotopic (exact) mass is 96.0 g/mol. The van der Waals surface area contributed by atoms with E-state index in [1.165, 1.54) is 6.07 Å². The maximum Gasteiger partial charge on any atom is 0.210 e. The Morgan fingerprint density at radius 3 is 2.29 bits per heavy atom. The molecule has 0 saturated carbocycles. The van der Waals surface area contributed by atoms with Gasteiger partial charge in [0, 0.05) is 0 Å². The molecular formula is C4HFN2. The molecule has 0 fully saturated rings. The van der Waals surface area contributed by atoms with E-state index in [1.807, 2.05) is 0 Å². The van der Waals surface area contributed by atoms with Gasteiger partial charge in [-0.05, 0) is 0 Å². The molecule has 0 heterocycles. The first-order chi connectivity index (χ1) is 3.31. The second-order valence-electron chi connectivity index (χ2n) is 0.733. The Morgan fingerprint density at radius 1 is 1.57 bits per heavy atom. The zero-order valence-corrected chi connectivity index (χ0v) is 3.35. The second-order valence-corrected chi connectivity index (χ2v) is 0.733. The van der Waals surface area contributed by atoms with E-state index in [2.05, 4.69) is 0 Å². The summed E-state index contributed by atoms with van der Waals surface area (Å²) in [6.07, 6.45) is 0.542. The topological polar surface area (TPSA) is 47.6 Å². The van der Waals surface area contributed by atoms with Gasteiger partial charge < -0.3 is 0 Å². The smallest absolute Gasteiger partial charge is 0.194 e. The summed E-state index contributed by atoms with van der Waals surface area (Å²) in [4.78, 5) is 0. The van der Waals surface area contributed by atoms with E-state index in [4.69, 9.17) is 10.5 Å². The molecule has 0 bridgehead atoms. The normalized spacial score (nSPS) is 9.29. The number of hydrogen-bond donors (Lipinski definition) is 0. The van der Waals surface area contributed by atoms with Crippen molar-refractivity contribution in [3.63, 3.8) is 0 Å². The van der Waals surface area contributed by atoms with Gasteiger partial charge in [-0.3, -0.25) is 0 Å². The third-order valence-corrected chi connectivity index (χ3v) is 0.298. The largest absolute Gasteiger partial charge is 0.210 e. The van der Waals surface area contributed by atoms with Crippen LogP contribution < -0.4 is 0 Å². The SMILES string of the molecule is N#C/C=C(/F)C#N. The highest BCUT2D eigenvalue weighted by atomic mass is 19.1. The summed E-state index contributed by atoms with van der Waals surface area (Å²) in [5.41, 5.74) is 0. The minimum Gasteiger partial charge on any atom is -0.194 e. The lowest BCUT2D eigenvalue weighted by Crippen LogP contribution is -1.58. The Labute approximate surface area is 40.1 Å². The van der Waals surface area contributed by atoms with Crippen LogP contribution in [0.1, 0.15) is 0 Å². The van der Waals surface area contributed by atoms with Crippen molar-refractivity contribution in [3.05, 3.63) is 11.9 Å². The van der Waals surface area contributed by atoms with Gasteiger partial charge in [0.2, 0.25) is 5.83 Å². The van der Waals surface area contributed by atoms with Crippen molar-refractivity contribution in [1.82, 2.24) is 0 Å². The van der Waals surface area contributed by atoms with E-state index in [9.17, 15) is 4.39 Å². The number of hydrogen-bond acceptors (Lipinski definition) is 2. The zero-order chi connectivity index (χ0) is 5.70. The molecule has 7 heavy (non-hydrogen) atoms. The fourth-order valence-corrected chi connectivity index (χ4v) is 0.0889. The predicted molar refractivity (Wildman–Crippen MR) is 20.4 cm³/mol. The van der Waals surface area contributed by atoms with Gasteiger partial charge in [0.1, 0.15) is 6.07 Å². The highest BCUT2D eigenvalue weighted by Crippen LogP contribution is 1.88. The summed E-state index contributed by atoms with van der Waals surface area (Å²) in [5, 5.41) is 15.3. The maximum atomic E-state index is 11.4. The Morgan fingerprint density at radius 2 is 2.14 bits per heavy atom. The molecule has 34 valence electrons. The molecule has 0 aromatic carbocycles. The lowest BCUT2D eigenvalue weighted by Gasteiger charge is -1.63. The van der Waals surface area contributed by atoms with Gasteiger partial charge in [-0.15, -0.1) is 0 Å². The molecule has 0 aromatic heterocycles. The number of allylic oxidation sites excluding steroid dienone is 2. The number of halogens is 1. The van der Waals surface area contributed by atoms with Gasteiger partial charge in [-0.2, -0.15) is 14.9 Å². The molecule has 3 heteroatoms. The summed E-state index contributed by atoms with van der Waals surface area (Å²) in [5.74, 6) is -1.05. The third-order valence-electron chi connectivity index (χ3n) is 0.298. The van der Waals surface area contributed by atoms with E-state index in [0.717, 1.165) is 6.07 Å². The van der Waals surface area contributed by atoms with Gasteiger partial charge >= 0.3 is 0 Å². The van der Waals surface area contributed by atoms with Gasteiger partial charge in [0.05, 0.1) is 12.1 Å². The van der Waals surface area contributed by atoms with E-state index in [-0.39, 0.29) is 0 Å². The van der Waals surface area contributed by atoms with Crippen molar-refractivity contribution < 1.29 is 4.39 Å². The van der Waals surface area contributed by atoms with Crippen molar-refractivity contribution in [2.45, 2.75) is 0 Å². The summed E-state index contributed by atoms with van der Waals surface area (Å²) < 4.78 is 11.4. The average Bonchev–Trinajstić information content (AvgIpc) is 1.68. The minimum absolute atomic E-state index is 0.542. The van der Waals surface area contributed by atoms with Gasteiger partial charge in [0.25, 0.3) is 0 Å². The van der Waals surface area contributed by atoms with E-state index in [0.29, 0.717) is 6.08 Å². The first-order valence-electron chi connectivity index (χ1n) is 1.46. The molecule has 0 aromatic rings. The number of nitriles is 2. The molecule has 0 spiro atoms. The Bertz CT molecular complexity index is 158. The number of rotatable bonds is 0. The molecule has 0 aliphatic rings. The van der Waals surface area contributed by atoms with Crippen LogP contribution in [0.2, 0.25) is 0 Å². The molecule has 0 radical (unpaired) electrons. The van der Waals surface area contributed by atoms with Crippen LogP contribution >= 0.6 is 0 Å². The van der Waals surface area contributed by atoms with Crippen LogP contribution in [0.3, 0.4) is 0 Å². The molecule has 0 aliphatic heterocycles. The molecule has 0 N–H and O–H groups in total. The van der Waals surface area contributed by atoms with Crippen LogP contribution in [0.15, 0.2) is 11.9 Å². The quantitative estimate of drug-likeness (QED) is 0.420. The Hall–Kier alpha value is -1.35. The lowest BCUT2D eigenvalue weighted by atomic mass is 10.5. The van der Waals surface area contributed by atoms with Crippen molar-refractivity contribution in [1.29, 1.82) is 10.5 Å². The second kappa shape index (κ2) is 2.87. The predicted octanol–water partition coefficient (Wildman–Crippen LogP) is 0.887. The standard InChI is InChI=1S/C4HFN2/c5-4(3-7)1-2-6/h1H/b4-1+. The van der Waals surface area contributed by atoms with Crippen LogP contribution in [-0.4, -0.2) is 0 Å². The Balaban J connectivity index is 3.89. The Kier molecular flexibility index (Phi) is 2.31. The summed E-state index contributed by atoms with van der Waals surface area (Å²) in [7, 11) is 0. The van der Waals surface area contributed by atoms with Crippen LogP contribution in [0.5, 0.6) is 0 Å². The van der Waals surface area contributed by atoms with E-state index in [1.54, 1.807) is 0 Å². The minimum atomic E-state index is -1.05. The van der Waals surface area contributed by atoms with Crippen LogP contribution in [0.4, 0.5) is 4.39 Å². The molecule has 0 rings (SSSR count). The molecule has 2 nitrogen and oxygen atoms in total. The van der Waals surface area contributed by atoms with Gasteiger partial charge in [0.15, 0.2) is 0 Å². The summed E-state index contributed by atoms with van der Waals surface area (Å²) in [6, 6.07) is 2.50. The van der Waals surface area contributed by atoms with Crippen LogP contribution in [0, 0.1) is 22.7 Å². The molecule has 0 saturated heterocycles. The molecule has 0 unspecified atom stereocenters. The zero-order valence-electron chi connectivity index (χ0n) is 3.35. The summed E-state index contributed by atoms with van der Waals surface area (Å²) in [6.45, 7) is 0. The maximum absolute atomic E-state index is 11.4.